The highest BCUT2D eigenvalue weighted by Gasteiger charge is 2.15. The van der Waals surface area contributed by atoms with E-state index in [-0.39, 0.29) is 0 Å². The Balaban J connectivity index is 1.72. The van der Waals surface area contributed by atoms with Gasteiger partial charge in [-0.2, -0.15) is 0 Å². The van der Waals surface area contributed by atoms with E-state index in [0.29, 0.717) is 0 Å². The minimum Gasteiger partial charge on any atom is -0.356 e. The van der Waals surface area contributed by atoms with Crippen LogP contribution in [0.4, 0.5) is 0 Å². The van der Waals surface area contributed by atoms with E-state index >= 15 is 0 Å². The Kier molecular flexibility index (Phi) is 3.33. The molecule has 96 valence electrons. The molecule has 0 aliphatic carbocycles. The zero-order chi connectivity index (χ0) is 12.4. The Morgan fingerprint density at radius 1 is 1.33 bits per heavy atom. The molecule has 1 aliphatic rings. The highest BCUT2D eigenvalue weighted by Crippen LogP contribution is 2.24. The summed E-state index contributed by atoms with van der Waals surface area (Å²) in [5, 5.41) is 8.84. The number of aryl methyl sites for hydroxylation is 2. The van der Waals surface area contributed by atoms with Crippen molar-refractivity contribution in [1.29, 1.82) is 0 Å². The van der Waals surface area contributed by atoms with Crippen molar-refractivity contribution in [3.05, 3.63) is 29.5 Å². The molecule has 0 spiro atoms. The number of hydrogen-bond acceptors (Lipinski definition) is 3. The van der Waals surface area contributed by atoms with Gasteiger partial charge >= 0.3 is 0 Å². The van der Waals surface area contributed by atoms with E-state index in [1.807, 2.05) is 6.07 Å². The molecule has 0 atom stereocenters. The Morgan fingerprint density at radius 3 is 3.00 bits per heavy atom. The number of nitrogens with one attached hydrogen (secondary N) is 1. The minimum atomic E-state index is 0.850. The van der Waals surface area contributed by atoms with Crippen LogP contribution in [-0.2, 0) is 6.42 Å². The first-order valence-corrected chi connectivity index (χ1v) is 6.88. The second-order valence-electron chi connectivity index (χ2n) is 5.36. The Bertz CT molecular complexity index is 526. The first-order chi connectivity index (χ1) is 8.83. The molecule has 0 radical (unpaired) electrons. The van der Waals surface area contributed by atoms with Crippen LogP contribution < -0.4 is 5.32 Å². The molecule has 1 saturated heterocycles. The molecule has 3 rings (SSSR count). The summed E-state index contributed by atoms with van der Waals surface area (Å²) >= 11 is 0. The summed E-state index contributed by atoms with van der Waals surface area (Å²) in [6.45, 7) is 4.45. The predicted molar refractivity (Wildman–Crippen MR) is 72.7 cm³/mol. The third-order valence-corrected chi connectivity index (χ3v) is 3.95. The normalized spacial score (nSPS) is 17.4. The maximum Gasteiger partial charge on any atom is 0.167 e. The predicted octanol–water partition coefficient (Wildman–Crippen LogP) is 3.07. The standard InChI is InChI=1S/C15H20N2O/c1-11-2-5-15-13(10-11)14(17-18-15)4-3-12-6-8-16-9-7-12/h2,5,10,12,16H,3-4,6-9H2,1H3. The van der Waals surface area contributed by atoms with Gasteiger partial charge in [0, 0.05) is 5.39 Å². The summed E-state index contributed by atoms with van der Waals surface area (Å²) in [6, 6.07) is 6.28. The van der Waals surface area contributed by atoms with Crippen LogP contribution in [0.15, 0.2) is 22.7 Å². The van der Waals surface area contributed by atoms with Crippen LogP contribution in [0, 0.1) is 12.8 Å². The van der Waals surface area contributed by atoms with Crippen molar-refractivity contribution >= 4 is 11.0 Å². The van der Waals surface area contributed by atoms with Crippen molar-refractivity contribution in [2.24, 2.45) is 5.92 Å². The number of nitrogens with zero attached hydrogens (tertiary/aromatic N) is 1. The van der Waals surface area contributed by atoms with Crippen LogP contribution in [0.1, 0.15) is 30.5 Å². The highest BCUT2D eigenvalue weighted by molar-refractivity contribution is 5.80. The van der Waals surface area contributed by atoms with Crippen molar-refractivity contribution in [1.82, 2.24) is 10.5 Å². The summed E-state index contributed by atoms with van der Waals surface area (Å²) < 4.78 is 5.38. The molecule has 2 aromatic rings. The fraction of sp³-hybridized carbons (Fsp3) is 0.533. The van der Waals surface area contributed by atoms with Gasteiger partial charge in [-0.15, -0.1) is 0 Å². The Labute approximate surface area is 108 Å². The van der Waals surface area contributed by atoms with Gasteiger partial charge in [-0.25, -0.2) is 0 Å². The lowest BCUT2D eigenvalue weighted by Gasteiger charge is -2.21. The van der Waals surface area contributed by atoms with E-state index in [1.54, 1.807) is 0 Å². The number of fused-ring (bicyclic) bond motifs is 1. The van der Waals surface area contributed by atoms with Crippen molar-refractivity contribution < 1.29 is 4.52 Å². The lowest BCUT2D eigenvalue weighted by Crippen LogP contribution is -2.27. The van der Waals surface area contributed by atoms with E-state index in [2.05, 4.69) is 29.5 Å². The number of rotatable bonds is 3. The van der Waals surface area contributed by atoms with E-state index in [4.69, 9.17) is 4.52 Å². The first kappa shape index (κ1) is 11.7. The number of piperidine rings is 1. The molecule has 0 unspecified atom stereocenters. The lowest BCUT2D eigenvalue weighted by atomic mass is 9.92. The van der Waals surface area contributed by atoms with Gasteiger partial charge in [-0.1, -0.05) is 16.8 Å². The molecule has 1 fully saturated rings. The monoisotopic (exact) mass is 244 g/mol. The molecule has 0 amide bonds. The van der Waals surface area contributed by atoms with Crippen molar-refractivity contribution in [3.63, 3.8) is 0 Å². The summed E-state index contributed by atoms with van der Waals surface area (Å²) in [5.41, 5.74) is 3.32. The topological polar surface area (TPSA) is 38.1 Å². The van der Waals surface area contributed by atoms with Crippen LogP contribution in [0.2, 0.25) is 0 Å². The summed E-state index contributed by atoms with van der Waals surface area (Å²) in [4.78, 5) is 0. The molecule has 0 saturated carbocycles. The van der Waals surface area contributed by atoms with Crippen molar-refractivity contribution in [3.8, 4) is 0 Å². The second-order valence-corrected chi connectivity index (χ2v) is 5.36. The third-order valence-electron chi connectivity index (χ3n) is 3.95. The molecular formula is C15H20N2O. The molecule has 0 bridgehead atoms. The molecular weight excluding hydrogens is 224 g/mol. The summed E-state index contributed by atoms with van der Waals surface area (Å²) in [6.07, 6.45) is 4.88. The van der Waals surface area contributed by atoms with Gasteiger partial charge in [-0.3, -0.25) is 0 Å². The Morgan fingerprint density at radius 2 is 2.17 bits per heavy atom. The third kappa shape index (κ3) is 2.41. The maximum atomic E-state index is 5.38. The molecule has 3 nitrogen and oxygen atoms in total. The fourth-order valence-electron chi connectivity index (χ4n) is 2.79. The average Bonchev–Trinajstić information content (AvgIpc) is 2.80. The maximum absolute atomic E-state index is 5.38. The molecule has 18 heavy (non-hydrogen) atoms. The zero-order valence-electron chi connectivity index (χ0n) is 10.9. The summed E-state index contributed by atoms with van der Waals surface area (Å²) in [7, 11) is 0. The van der Waals surface area contributed by atoms with Crippen LogP contribution in [-0.4, -0.2) is 18.2 Å². The van der Waals surface area contributed by atoms with Crippen molar-refractivity contribution in [2.75, 3.05) is 13.1 Å². The van der Waals surface area contributed by atoms with Gasteiger partial charge in [0.2, 0.25) is 0 Å². The molecule has 2 heterocycles. The van der Waals surface area contributed by atoms with Crippen molar-refractivity contribution in [2.45, 2.75) is 32.6 Å². The number of aromatic nitrogens is 1. The Hall–Kier alpha value is -1.35. The molecule has 1 aromatic carbocycles. The highest BCUT2D eigenvalue weighted by atomic mass is 16.5. The van der Waals surface area contributed by atoms with Gasteiger partial charge in [0.25, 0.3) is 0 Å². The van der Waals surface area contributed by atoms with Gasteiger partial charge in [0.1, 0.15) is 0 Å². The number of hydrogen-bond donors (Lipinski definition) is 1. The zero-order valence-corrected chi connectivity index (χ0v) is 10.9. The first-order valence-electron chi connectivity index (χ1n) is 6.88. The summed E-state index contributed by atoms with van der Waals surface area (Å²) in [5.74, 6) is 0.850. The van der Waals surface area contributed by atoms with Gasteiger partial charge in [0.15, 0.2) is 5.58 Å². The van der Waals surface area contributed by atoms with E-state index in [9.17, 15) is 0 Å². The lowest BCUT2D eigenvalue weighted by molar-refractivity contribution is 0.350. The largest absolute Gasteiger partial charge is 0.356 e. The SMILES string of the molecule is Cc1ccc2onc(CCC3CCNCC3)c2c1. The quantitative estimate of drug-likeness (QED) is 0.901. The van der Waals surface area contributed by atoms with Crippen LogP contribution in [0.5, 0.6) is 0 Å². The minimum absolute atomic E-state index is 0.850. The van der Waals surface area contributed by atoms with E-state index in [0.717, 1.165) is 23.6 Å². The van der Waals surface area contributed by atoms with Crippen LogP contribution in [0.3, 0.4) is 0 Å². The van der Waals surface area contributed by atoms with E-state index in [1.165, 1.54) is 43.3 Å². The average molecular weight is 244 g/mol. The molecule has 1 aromatic heterocycles. The van der Waals surface area contributed by atoms with Gasteiger partial charge in [-0.05, 0) is 63.7 Å². The molecule has 3 heteroatoms. The smallest absolute Gasteiger partial charge is 0.167 e. The fourth-order valence-corrected chi connectivity index (χ4v) is 2.79. The van der Waals surface area contributed by atoms with Gasteiger partial charge in [0.05, 0.1) is 5.69 Å². The van der Waals surface area contributed by atoms with E-state index < -0.39 is 0 Å². The molecule has 1 N–H and O–H groups in total. The second kappa shape index (κ2) is 5.11. The number of benzene rings is 1. The van der Waals surface area contributed by atoms with Gasteiger partial charge < -0.3 is 9.84 Å². The van der Waals surface area contributed by atoms with Crippen LogP contribution in [0.25, 0.3) is 11.0 Å². The van der Waals surface area contributed by atoms with Crippen LogP contribution >= 0.6 is 0 Å². The molecule has 1 aliphatic heterocycles.